The number of anilines is 1. The highest BCUT2D eigenvalue weighted by atomic mass is 35.5. The lowest BCUT2D eigenvalue weighted by molar-refractivity contribution is -0.135. The molecule has 0 radical (unpaired) electrons. The largest absolute Gasteiger partial charge is 0.489 e. The number of hydrogen-bond donors (Lipinski definition) is 0. The molecule has 2 fully saturated rings. The first-order valence-electron chi connectivity index (χ1n) is 11.0. The molecule has 31 heavy (non-hydrogen) atoms. The zero-order valence-electron chi connectivity index (χ0n) is 17.8. The lowest BCUT2D eigenvalue weighted by Crippen LogP contribution is -2.48. The molecular weight excluding hydrogens is 414 g/mol. The van der Waals surface area contributed by atoms with E-state index in [2.05, 4.69) is 21.9 Å². The van der Waals surface area contributed by atoms with Crippen molar-refractivity contribution >= 4 is 23.2 Å². The van der Waals surface area contributed by atoms with Crippen LogP contribution in [0, 0.1) is 0 Å². The highest BCUT2D eigenvalue weighted by Gasteiger charge is 2.21. The van der Waals surface area contributed by atoms with Crippen LogP contribution in [0.4, 0.5) is 5.69 Å². The topological polar surface area (TPSA) is 45.2 Å². The fourth-order valence-electron chi connectivity index (χ4n) is 4.00. The SMILES string of the molecule is O=C(CCN1CCN(c2cccc(OCc3ccccc3Cl)c2)CC1)N1CCOCC1. The third kappa shape index (κ3) is 6.12. The van der Waals surface area contributed by atoms with Crippen molar-refractivity contribution in [2.24, 2.45) is 0 Å². The quantitative estimate of drug-likeness (QED) is 0.657. The van der Waals surface area contributed by atoms with E-state index in [9.17, 15) is 4.79 Å². The fourth-order valence-corrected chi connectivity index (χ4v) is 4.19. The number of amides is 1. The second-order valence-electron chi connectivity index (χ2n) is 7.95. The number of benzene rings is 2. The van der Waals surface area contributed by atoms with Crippen LogP contribution in [0.15, 0.2) is 48.5 Å². The smallest absolute Gasteiger partial charge is 0.224 e. The molecule has 0 aromatic heterocycles. The Morgan fingerprint density at radius 3 is 2.52 bits per heavy atom. The molecule has 4 rings (SSSR count). The van der Waals surface area contributed by atoms with Gasteiger partial charge in [-0.1, -0.05) is 35.9 Å². The first-order valence-corrected chi connectivity index (χ1v) is 11.4. The molecule has 2 heterocycles. The molecule has 0 spiro atoms. The maximum Gasteiger partial charge on any atom is 0.224 e. The molecule has 0 aliphatic carbocycles. The Bertz CT molecular complexity index is 865. The fraction of sp³-hybridized carbons (Fsp3) is 0.458. The molecule has 166 valence electrons. The van der Waals surface area contributed by atoms with Crippen LogP contribution in [0.1, 0.15) is 12.0 Å². The van der Waals surface area contributed by atoms with Crippen molar-refractivity contribution in [3.05, 3.63) is 59.1 Å². The molecule has 1 amide bonds. The van der Waals surface area contributed by atoms with Gasteiger partial charge in [-0.3, -0.25) is 9.69 Å². The number of hydrogen-bond acceptors (Lipinski definition) is 5. The summed E-state index contributed by atoms with van der Waals surface area (Å²) in [6.07, 6.45) is 0.589. The van der Waals surface area contributed by atoms with Crippen LogP contribution in [-0.2, 0) is 16.1 Å². The average molecular weight is 444 g/mol. The van der Waals surface area contributed by atoms with Gasteiger partial charge in [0.15, 0.2) is 0 Å². The summed E-state index contributed by atoms with van der Waals surface area (Å²) >= 11 is 6.22. The first-order chi connectivity index (χ1) is 15.2. The van der Waals surface area contributed by atoms with Crippen LogP contribution >= 0.6 is 11.6 Å². The number of rotatable bonds is 7. The number of morpholine rings is 1. The van der Waals surface area contributed by atoms with Gasteiger partial charge in [0, 0.05) is 74.6 Å². The van der Waals surface area contributed by atoms with Crippen LogP contribution in [0.25, 0.3) is 0 Å². The molecule has 0 N–H and O–H groups in total. The minimum atomic E-state index is 0.245. The van der Waals surface area contributed by atoms with E-state index in [1.165, 1.54) is 5.69 Å². The molecule has 2 saturated heterocycles. The highest BCUT2D eigenvalue weighted by molar-refractivity contribution is 6.31. The average Bonchev–Trinajstić information content (AvgIpc) is 2.83. The molecule has 0 unspecified atom stereocenters. The Hall–Kier alpha value is -2.28. The van der Waals surface area contributed by atoms with E-state index in [0.717, 1.165) is 62.1 Å². The zero-order valence-corrected chi connectivity index (χ0v) is 18.6. The monoisotopic (exact) mass is 443 g/mol. The van der Waals surface area contributed by atoms with E-state index in [1.807, 2.05) is 41.3 Å². The van der Waals surface area contributed by atoms with Crippen molar-refractivity contribution < 1.29 is 14.3 Å². The van der Waals surface area contributed by atoms with Crippen LogP contribution in [-0.4, -0.2) is 74.7 Å². The minimum absolute atomic E-state index is 0.245. The van der Waals surface area contributed by atoms with Crippen molar-refractivity contribution in [2.75, 3.05) is 63.9 Å². The summed E-state index contributed by atoms with van der Waals surface area (Å²) in [4.78, 5) is 19.0. The first kappa shape index (κ1) is 21.9. The van der Waals surface area contributed by atoms with Gasteiger partial charge in [0.05, 0.1) is 13.2 Å². The predicted octanol–water partition coefficient (Wildman–Crippen LogP) is 3.29. The molecule has 0 bridgehead atoms. The van der Waals surface area contributed by atoms with E-state index in [0.29, 0.717) is 26.2 Å². The maximum absolute atomic E-state index is 12.4. The predicted molar refractivity (Wildman–Crippen MR) is 123 cm³/mol. The van der Waals surface area contributed by atoms with Gasteiger partial charge in [-0.2, -0.15) is 0 Å². The Kier molecular flexibility index (Phi) is 7.67. The number of nitrogens with zero attached hydrogens (tertiary/aromatic N) is 3. The Labute approximate surface area is 189 Å². The summed E-state index contributed by atoms with van der Waals surface area (Å²) in [6.45, 7) is 7.85. The van der Waals surface area contributed by atoms with E-state index in [-0.39, 0.29) is 5.91 Å². The van der Waals surface area contributed by atoms with Gasteiger partial charge in [0.2, 0.25) is 5.91 Å². The molecule has 2 aliphatic rings. The highest BCUT2D eigenvalue weighted by Crippen LogP contribution is 2.24. The summed E-state index contributed by atoms with van der Waals surface area (Å²) in [7, 11) is 0. The lowest BCUT2D eigenvalue weighted by Gasteiger charge is -2.36. The Balaban J connectivity index is 1.23. The van der Waals surface area contributed by atoms with E-state index >= 15 is 0 Å². The van der Waals surface area contributed by atoms with Gasteiger partial charge >= 0.3 is 0 Å². The Morgan fingerprint density at radius 1 is 0.968 bits per heavy atom. The van der Waals surface area contributed by atoms with Gasteiger partial charge in [-0.15, -0.1) is 0 Å². The maximum atomic E-state index is 12.4. The van der Waals surface area contributed by atoms with Gasteiger partial charge in [-0.05, 0) is 18.2 Å². The van der Waals surface area contributed by atoms with Gasteiger partial charge in [0.1, 0.15) is 12.4 Å². The third-order valence-electron chi connectivity index (χ3n) is 5.91. The van der Waals surface area contributed by atoms with Gasteiger partial charge in [0.25, 0.3) is 0 Å². The van der Waals surface area contributed by atoms with E-state index in [4.69, 9.17) is 21.1 Å². The molecular formula is C24H30ClN3O3. The normalized spacial score (nSPS) is 17.6. The summed E-state index contributed by atoms with van der Waals surface area (Å²) in [6, 6.07) is 16.0. The summed E-state index contributed by atoms with van der Waals surface area (Å²) < 4.78 is 11.3. The van der Waals surface area contributed by atoms with E-state index < -0.39 is 0 Å². The second-order valence-corrected chi connectivity index (χ2v) is 8.36. The number of carbonyl (C=O) groups is 1. The van der Waals surface area contributed by atoms with Crippen molar-refractivity contribution in [1.29, 1.82) is 0 Å². The summed E-state index contributed by atoms with van der Waals surface area (Å²) in [5.74, 6) is 1.09. The molecule has 0 atom stereocenters. The van der Waals surface area contributed by atoms with Crippen LogP contribution in [0.3, 0.4) is 0 Å². The standard InChI is InChI=1S/C24H30ClN3O3/c25-23-7-2-1-4-20(23)19-31-22-6-3-5-21(18-22)27-12-10-26(11-13-27)9-8-24(29)28-14-16-30-17-15-28/h1-7,18H,8-17,19H2. The van der Waals surface area contributed by atoms with Crippen LogP contribution in [0.2, 0.25) is 5.02 Å². The third-order valence-corrected chi connectivity index (χ3v) is 6.28. The molecule has 7 heteroatoms. The minimum Gasteiger partial charge on any atom is -0.489 e. The van der Waals surface area contributed by atoms with Crippen molar-refractivity contribution in [1.82, 2.24) is 9.80 Å². The molecule has 2 aromatic rings. The van der Waals surface area contributed by atoms with Crippen LogP contribution in [0.5, 0.6) is 5.75 Å². The Morgan fingerprint density at radius 2 is 1.74 bits per heavy atom. The number of carbonyl (C=O) groups excluding carboxylic acids is 1. The number of halogens is 1. The van der Waals surface area contributed by atoms with Crippen molar-refractivity contribution in [2.45, 2.75) is 13.0 Å². The summed E-state index contributed by atoms with van der Waals surface area (Å²) in [5, 5.41) is 0.724. The van der Waals surface area contributed by atoms with Gasteiger partial charge < -0.3 is 19.3 Å². The number of ether oxygens (including phenoxy) is 2. The van der Waals surface area contributed by atoms with E-state index in [1.54, 1.807) is 0 Å². The molecule has 2 aromatic carbocycles. The lowest BCUT2D eigenvalue weighted by atomic mass is 10.2. The van der Waals surface area contributed by atoms with Gasteiger partial charge in [-0.25, -0.2) is 0 Å². The number of piperazine rings is 1. The van der Waals surface area contributed by atoms with Crippen LogP contribution < -0.4 is 9.64 Å². The second kappa shape index (κ2) is 10.8. The van der Waals surface area contributed by atoms with Crippen molar-refractivity contribution in [3.63, 3.8) is 0 Å². The molecule has 0 saturated carbocycles. The zero-order chi connectivity index (χ0) is 21.5. The summed E-state index contributed by atoms with van der Waals surface area (Å²) in [5.41, 5.74) is 2.15. The van der Waals surface area contributed by atoms with Crippen molar-refractivity contribution in [3.8, 4) is 5.75 Å². The molecule has 6 nitrogen and oxygen atoms in total. The molecule has 2 aliphatic heterocycles.